The molecule has 22 atom stereocenters. The highest BCUT2D eigenvalue weighted by Gasteiger charge is 2.57. The number of hydrogen-bond acceptors (Lipinski definition) is 17. The van der Waals surface area contributed by atoms with Gasteiger partial charge < -0.3 is 68.0 Å². The van der Waals surface area contributed by atoms with E-state index >= 15 is 0 Å². The molecule has 4 saturated heterocycles. The van der Waals surface area contributed by atoms with Gasteiger partial charge in [-0.15, -0.1) is 0 Å². The van der Waals surface area contributed by atoms with Gasteiger partial charge in [0.1, 0.15) is 24.4 Å². The Labute approximate surface area is 417 Å². The predicted octanol–water partition coefficient (Wildman–Crippen LogP) is 5.08. The maximum atomic E-state index is 13.9. The summed E-state index contributed by atoms with van der Waals surface area (Å²) in [5.41, 5.74) is -1.22. The number of carbonyl (C=O) groups is 3. The molecule has 0 aromatic heterocycles. The summed E-state index contributed by atoms with van der Waals surface area (Å²) in [5.74, 6) is -3.90. The van der Waals surface area contributed by atoms with Crippen molar-refractivity contribution in [3.05, 3.63) is 36.0 Å². The summed E-state index contributed by atoms with van der Waals surface area (Å²) >= 11 is 0. The van der Waals surface area contributed by atoms with Crippen LogP contribution in [0.4, 0.5) is 0 Å². The lowest BCUT2D eigenvalue weighted by atomic mass is 9.76. The van der Waals surface area contributed by atoms with E-state index in [4.69, 9.17) is 42.6 Å². The highest BCUT2D eigenvalue weighted by Crippen LogP contribution is 2.43. The van der Waals surface area contributed by atoms with Crippen LogP contribution < -0.4 is 0 Å². The number of allylic oxidation sites excluding steroid dienone is 1. The number of Topliss-reactive ketones (excluding diaryl/α,β-unsaturated/α-hetero) is 1. The van der Waals surface area contributed by atoms with E-state index in [2.05, 4.69) is 13.0 Å². The minimum Gasteiger partial charge on any atom is -0.462 e. The number of rotatable bonds is 7. The first-order chi connectivity index (χ1) is 32.7. The SMILES string of the molecule is CO[C@H]1/C=C\[C@@](C)(O)/C=C\C(=O)O[C@H](C)[C@@H](C)CCC=C1C.CO[C@H]1C[C@H](O[C@H]2[C@H](C)[C@@H](O[C@@H]3O[C@H](C)C[C@H](N(C)C)[C@H]3O)[C@@H](C)C[C@@]3(CO3)C(=O)[C@H](C)[C@H](O)[C@@H](C)[C@@H](C)OC(=O)[C@@H]2C)O[C@@H](C)[C@@H]1O. The summed E-state index contributed by atoms with van der Waals surface area (Å²) in [6, 6.07) is -0.219. The van der Waals surface area contributed by atoms with Crippen LogP contribution in [0.15, 0.2) is 36.0 Å². The quantitative estimate of drug-likeness (QED) is 0.148. The average molecular weight is 996 g/mol. The number of carbonyl (C=O) groups excluding carboxylic acids is 3. The lowest BCUT2D eigenvalue weighted by Gasteiger charge is -2.46. The first-order valence-electron chi connectivity index (χ1n) is 25.4. The van der Waals surface area contributed by atoms with E-state index in [0.29, 0.717) is 6.42 Å². The van der Waals surface area contributed by atoms with E-state index in [1.807, 2.05) is 53.6 Å². The molecule has 5 heterocycles. The normalized spacial score (nSPS) is 46.0. The van der Waals surface area contributed by atoms with Crippen molar-refractivity contribution in [3.63, 3.8) is 0 Å². The van der Waals surface area contributed by atoms with Gasteiger partial charge in [0.25, 0.3) is 0 Å². The van der Waals surface area contributed by atoms with Gasteiger partial charge in [-0.2, -0.15) is 0 Å². The van der Waals surface area contributed by atoms with Crippen molar-refractivity contribution in [1.82, 2.24) is 4.90 Å². The zero-order valence-electron chi connectivity index (χ0n) is 44.8. The largest absolute Gasteiger partial charge is 0.462 e. The lowest BCUT2D eigenvalue weighted by molar-refractivity contribution is -0.299. The number of cyclic esters (lactones) is 2. The molecule has 0 radical (unpaired) electrons. The van der Waals surface area contributed by atoms with E-state index in [1.54, 1.807) is 60.8 Å². The van der Waals surface area contributed by atoms with E-state index in [9.17, 15) is 34.8 Å². The summed E-state index contributed by atoms with van der Waals surface area (Å²) in [5, 5.41) is 43.6. The summed E-state index contributed by atoms with van der Waals surface area (Å²) in [7, 11) is 6.96. The van der Waals surface area contributed by atoms with Gasteiger partial charge in [0.05, 0.1) is 60.9 Å². The Bertz CT molecular complexity index is 1780. The number of ketones is 1. The molecule has 4 N–H and O–H groups in total. The minimum absolute atomic E-state index is 0.160. The highest BCUT2D eigenvalue weighted by molar-refractivity contribution is 5.92. The fourth-order valence-electron chi connectivity index (χ4n) is 10.1. The van der Waals surface area contributed by atoms with Crippen LogP contribution in [-0.2, 0) is 57.0 Å². The van der Waals surface area contributed by atoms with Crippen LogP contribution in [0.5, 0.6) is 0 Å². The van der Waals surface area contributed by atoms with Crippen LogP contribution >= 0.6 is 0 Å². The van der Waals surface area contributed by atoms with Gasteiger partial charge >= 0.3 is 11.9 Å². The van der Waals surface area contributed by atoms with Crippen LogP contribution in [0.3, 0.4) is 0 Å². The summed E-state index contributed by atoms with van der Waals surface area (Å²) < 4.78 is 53.8. The third kappa shape index (κ3) is 15.7. The van der Waals surface area contributed by atoms with Gasteiger partial charge in [-0.25, -0.2) is 4.79 Å². The smallest absolute Gasteiger partial charge is 0.330 e. The van der Waals surface area contributed by atoms with Gasteiger partial charge in [-0.05, 0) is 112 Å². The second-order valence-electron chi connectivity index (χ2n) is 21.5. The topological polar surface area (TPSA) is 222 Å². The molecule has 0 aromatic rings. The van der Waals surface area contributed by atoms with Gasteiger partial charge in [-0.3, -0.25) is 9.59 Å². The summed E-state index contributed by atoms with van der Waals surface area (Å²) in [6.45, 7) is 22.2. The molecule has 1 spiro atoms. The van der Waals surface area contributed by atoms with Crippen LogP contribution in [0.25, 0.3) is 0 Å². The Hall–Kier alpha value is -2.65. The van der Waals surface area contributed by atoms with Crippen molar-refractivity contribution in [2.24, 2.45) is 35.5 Å². The van der Waals surface area contributed by atoms with Crippen LogP contribution in [0, 0.1) is 35.5 Å². The summed E-state index contributed by atoms with van der Waals surface area (Å²) in [6.07, 6.45) is 2.63. The van der Waals surface area contributed by atoms with Crippen LogP contribution in [-0.4, -0.2) is 175 Å². The zero-order valence-corrected chi connectivity index (χ0v) is 44.8. The van der Waals surface area contributed by atoms with Gasteiger partial charge in [0.2, 0.25) is 0 Å². The Morgan fingerprint density at radius 2 is 1.40 bits per heavy atom. The Kier molecular flexibility index (Phi) is 22.3. The van der Waals surface area contributed by atoms with Crippen molar-refractivity contribution < 1.29 is 77.4 Å². The number of methoxy groups -OCH3 is 2. The molecule has 0 saturated carbocycles. The zero-order chi connectivity index (χ0) is 52.6. The lowest BCUT2D eigenvalue weighted by Crippen LogP contribution is -2.57. The van der Waals surface area contributed by atoms with Gasteiger partial charge in [0.15, 0.2) is 24.0 Å². The Morgan fingerprint density at radius 3 is 2.00 bits per heavy atom. The molecule has 5 rings (SSSR count). The Balaban J connectivity index is 0.000000405. The second-order valence-corrected chi connectivity index (χ2v) is 21.5. The van der Waals surface area contributed by atoms with Crippen LogP contribution in [0.1, 0.15) is 115 Å². The number of hydrogen-bond donors (Lipinski definition) is 4. The Morgan fingerprint density at radius 1 is 0.743 bits per heavy atom. The fourth-order valence-corrected chi connectivity index (χ4v) is 10.1. The third-order valence-electron chi connectivity index (χ3n) is 15.5. The molecule has 402 valence electrons. The van der Waals surface area contributed by atoms with Gasteiger partial charge in [-0.1, -0.05) is 52.8 Å². The molecule has 4 fully saturated rings. The fraction of sp³-hybridized carbons (Fsp3) is 0.830. The molecule has 5 aliphatic heterocycles. The maximum Gasteiger partial charge on any atom is 0.330 e. The van der Waals surface area contributed by atoms with E-state index in [1.165, 1.54) is 19.3 Å². The first kappa shape index (κ1) is 59.9. The molecule has 5 aliphatic rings. The second kappa shape index (κ2) is 26.0. The summed E-state index contributed by atoms with van der Waals surface area (Å²) in [4.78, 5) is 41.5. The highest BCUT2D eigenvalue weighted by atomic mass is 16.7. The van der Waals surface area contributed by atoms with E-state index in [-0.39, 0.29) is 61.4 Å². The monoisotopic (exact) mass is 996 g/mol. The number of likely N-dealkylation sites (N-methyl/N-ethyl adjacent to an activating group) is 1. The molecule has 0 bridgehead atoms. The minimum atomic E-state index is -1.23. The average Bonchev–Trinajstić information content (AvgIpc) is 4.09. The van der Waals surface area contributed by atoms with Crippen molar-refractivity contribution >= 4 is 17.7 Å². The number of aliphatic hydroxyl groups is 4. The van der Waals surface area contributed by atoms with Crippen molar-refractivity contribution in [2.45, 2.75) is 212 Å². The number of ether oxygens (including phenoxy) is 9. The van der Waals surface area contributed by atoms with Crippen molar-refractivity contribution in [2.75, 3.05) is 34.9 Å². The molecule has 0 amide bonds. The standard InChI is InChI=1S/C35H61NO12.C18H28O4/c1-16-14-35(15-43-35)32(40)19(4)27(37)18(3)22(7)46-33(41)21(6)31(47-26-13-25(42-11)28(38)23(8)45-26)20(5)30(16)48-34-29(39)24(36(9)10)12-17(2)44-34;1-13-7-6-8-14(2)16(21-5)9-11-18(4,20)12-10-17(19)22-15(13)3/h16-31,34,37-39H,12-15H2,1-11H3;8-13,15-16,20H,6-7H2,1-5H3/b;11-9-,12-10-,14-8?/t16-,17+,18-,19+,20+,21+,22+,23-,24-,25-,26-,27+,28-,29+,30-,31-,34-,35+;13-,15+,16-,18+/m00/s1. The number of esters is 2. The molecule has 0 aliphatic carbocycles. The van der Waals surface area contributed by atoms with Crippen molar-refractivity contribution in [3.8, 4) is 0 Å². The molecule has 17 heteroatoms. The molecule has 0 aromatic carbocycles. The first-order valence-corrected chi connectivity index (χ1v) is 25.4. The maximum absolute atomic E-state index is 13.9. The van der Waals surface area contributed by atoms with Gasteiger partial charge in [0, 0.05) is 50.5 Å². The van der Waals surface area contributed by atoms with Crippen LogP contribution in [0.2, 0.25) is 0 Å². The van der Waals surface area contributed by atoms with Crippen molar-refractivity contribution in [1.29, 1.82) is 0 Å². The molecule has 70 heavy (non-hydrogen) atoms. The number of epoxide rings is 1. The predicted molar refractivity (Wildman–Crippen MR) is 261 cm³/mol. The molecule has 0 unspecified atom stereocenters. The number of aliphatic hydroxyl groups excluding tert-OH is 3. The molecular formula is C53H89NO16. The third-order valence-corrected chi connectivity index (χ3v) is 15.5. The van der Waals surface area contributed by atoms with E-state index < -0.39 is 108 Å². The molecule has 17 nitrogen and oxygen atoms in total. The molecular weight excluding hydrogens is 907 g/mol. The van der Waals surface area contributed by atoms with E-state index in [0.717, 1.165) is 18.4 Å². The number of nitrogens with zero attached hydrogens (tertiary/aromatic N) is 1.